The van der Waals surface area contributed by atoms with Gasteiger partial charge in [-0.2, -0.15) is 0 Å². The number of ketones is 2. The molecule has 2 aliphatic rings. The fourth-order valence-corrected chi connectivity index (χ4v) is 3.50. The summed E-state index contributed by atoms with van der Waals surface area (Å²) in [5.74, 6) is 0.942. The molecule has 148 valence electrons. The first-order valence-corrected chi connectivity index (χ1v) is 9.97. The molecule has 27 heavy (non-hydrogen) atoms. The summed E-state index contributed by atoms with van der Waals surface area (Å²) >= 11 is 0. The largest absolute Gasteiger partial charge is 0.366 e. The average Bonchev–Trinajstić information content (AvgIpc) is 3.04. The number of hydrogen-bond acceptors (Lipinski definition) is 4. The zero-order valence-electron chi connectivity index (χ0n) is 16.9. The monoisotopic (exact) mass is 371 g/mol. The van der Waals surface area contributed by atoms with Gasteiger partial charge in [0.05, 0.1) is 12.2 Å². The van der Waals surface area contributed by atoms with Crippen molar-refractivity contribution in [2.75, 3.05) is 0 Å². The van der Waals surface area contributed by atoms with E-state index >= 15 is 0 Å². The van der Waals surface area contributed by atoms with Crippen molar-refractivity contribution in [3.63, 3.8) is 0 Å². The third-order valence-electron chi connectivity index (χ3n) is 5.08. The van der Waals surface area contributed by atoms with Crippen molar-refractivity contribution in [2.24, 2.45) is 11.8 Å². The number of carbonyl (C=O) groups excluding carboxylic acids is 2. The van der Waals surface area contributed by atoms with Crippen LogP contribution in [0.25, 0.3) is 0 Å². The van der Waals surface area contributed by atoms with Gasteiger partial charge in [0.1, 0.15) is 11.6 Å². The number of carbonyl (C=O) groups is 2. The summed E-state index contributed by atoms with van der Waals surface area (Å²) in [7, 11) is 0. The van der Waals surface area contributed by atoms with Crippen LogP contribution >= 0.6 is 0 Å². The lowest BCUT2D eigenvalue weighted by molar-refractivity contribution is -0.121. The van der Waals surface area contributed by atoms with Gasteiger partial charge in [-0.1, -0.05) is 45.2 Å². The zero-order valence-corrected chi connectivity index (χ0v) is 16.9. The second-order valence-corrected chi connectivity index (χ2v) is 8.10. The van der Waals surface area contributed by atoms with E-state index in [-0.39, 0.29) is 29.7 Å². The molecule has 2 heterocycles. The number of rotatable bonds is 10. The molecule has 0 aliphatic carbocycles. The molecule has 0 saturated carbocycles. The highest BCUT2D eigenvalue weighted by molar-refractivity contribution is 5.81. The summed E-state index contributed by atoms with van der Waals surface area (Å²) in [6.07, 6.45) is 9.61. The number of allylic oxidation sites excluding steroid dienone is 1. The molecular formula is C23H33NO3. The number of hydrogen-bond donors (Lipinski definition) is 1. The van der Waals surface area contributed by atoms with Crippen LogP contribution in [0.15, 0.2) is 48.4 Å². The predicted octanol–water partition coefficient (Wildman–Crippen LogP) is 4.64. The lowest BCUT2D eigenvalue weighted by Gasteiger charge is -2.29. The Morgan fingerprint density at radius 1 is 1.15 bits per heavy atom. The van der Waals surface area contributed by atoms with Crippen LogP contribution in [0.5, 0.6) is 0 Å². The van der Waals surface area contributed by atoms with Crippen molar-refractivity contribution < 1.29 is 14.3 Å². The first kappa shape index (κ1) is 21.4. The molecule has 0 spiro atoms. The van der Waals surface area contributed by atoms with Gasteiger partial charge < -0.3 is 10.1 Å². The normalized spacial score (nSPS) is 24.9. The Bertz CT molecular complexity index is 657. The van der Waals surface area contributed by atoms with Gasteiger partial charge >= 0.3 is 0 Å². The maximum atomic E-state index is 12.1. The minimum absolute atomic E-state index is 0.0341. The minimum atomic E-state index is -0.0539. The highest BCUT2D eigenvalue weighted by Crippen LogP contribution is 2.31. The van der Waals surface area contributed by atoms with Gasteiger partial charge in [0.2, 0.25) is 0 Å². The summed E-state index contributed by atoms with van der Waals surface area (Å²) in [6, 6.07) is 0. The van der Waals surface area contributed by atoms with Crippen molar-refractivity contribution >= 4 is 11.6 Å². The summed E-state index contributed by atoms with van der Waals surface area (Å²) in [6.45, 7) is 14.1. The Kier molecular flexibility index (Phi) is 7.78. The maximum absolute atomic E-state index is 12.1. The van der Waals surface area contributed by atoms with Gasteiger partial charge in [-0.25, -0.2) is 0 Å². The standard InChI is InChI=1S/C23H33NO3/c1-15(2)13-20(26)8-6-7-19(25)9-10-21-11-12-23(27-21)22-14-16(3)17(4)24-18(22)5/h11-12,14-15,21-24H,4-10,13H2,1-3H3. The van der Waals surface area contributed by atoms with Gasteiger partial charge in [-0.15, -0.1) is 0 Å². The van der Waals surface area contributed by atoms with E-state index in [2.05, 4.69) is 30.6 Å². The van der Waals surface area contributed by atoms with Crippen LogP contribution in [0.2, 0.25) is 0 Å². The molecular weight excluding hydrogens is 338 g/mol. The van der Waals surface area contributed by atoms with E-state index in [9.17, 15) is 9.59 Å². The van der Waals surface area contributed by atoms with Crippen LogP contribution in [0.1, 0.15) is 59.3 Å². The van der Waals surface area contributed by atoms with Crippen molar-refractivity contribution in [3.8, 4) is 0 Å². The third-order valence-corrected chi connectivity index (χ3v) is 5.08. The van der Waals surface area contributed by atoms with E-state index in [1.165, 1.54) is 0 Å². The SMILES string of the molecule is C=C1NC(=C)C(C2C=CC(CCC(=O)CCCC(=O)CC(C)C)O2)C=C1C. The van der Waals surface area contributed by atoms with Crippen LogP contribution in [0.4, 0.5) is 0 Å². The molecule has 0 aromatic heterocycles. The van der Waals surface area contributed by atoms with Crippen LogP contribution in [-0.4, -0.2) is 23.8 Å². The first-order chi connectivity index (χ1) is 12.8. The topological polar surface area (TPSA) is 55.4 Å². The summed E-state index contributed by atoms with van der Waals surface area (Å²) in [4.78, 5) is 23.8. The Labute approximate surface area is 163 Å². The minimum Gasteiger partial charge on any atom is -0.366 e. The molecule has 2 aliphatic heterocycles. The van der Waals surface area contributed by atoms with Crippen LogP contribution < -0.4 is 5.32 Å². The second-order valence-electron chi connectivity index (χ2n) is 8.10. The lowest BCUT2D eigenvalue weighted by Crippen LogP contribution is -2.31. The van der Waals surface area contributed by atoms with Gasteiger partial charge in [-0.05, 0) is 31.3 Å². The van der Waals surface area contributed by atoms with Gasteiger partial charge in [0, 0.05) is 43.0 Å². The fourth-order valence-electron chi connectivity index (χ4n) is 3.50. The third kappa shape index (κ3) is 6.62. The van der Waals surface area contributed by atoms with Crippen molar-refractivity contribution in [2.45, 2.75) is 71.5 Å². The number of ether oxygens (including phenoxy) is 1. The number of nitrogens with one attached hydrogen (secondary N) is 1. The molecule has 0 saturated heterocycles. The van der Waals surface area contributed by atoms with E-state index in [1.54, 1.807) is 0 Å². The molecule has 0 fully saturated rings. The van der Waals surface area contributed by atoms with E-state index in [0.717, 1.165) is 17.0 Å². The zero-order chi connectivity index (χ0) is 20.0. The van der Waals surface area contributed by atoms with Crippen LogP contribution in [-0.2, 0) is 14.3 Å². The molecule has 4 heteroatoms. The Morgan fingerprint density at radius 3 is 2.56 bits per heavy atom. The van der Waals surface area contributed by atoms with Gasteiger partial charge in [0.15, 0.2) is 0 Å². The lowest BCUT2D eigenvalue weighted by atomic mass is 9.92. The highest BCUT2D eigenvalue weighted by atomic mass is 16.5. The molecule has 2 rings (SSSR count). The van der Waals surface area contributed by atoms with E-state index < -0.39 is 0 Å². The average molecular weight is 372 g/mol. The van der Waals surface area contributed by atoms with E-state index in [0.29, 0.717) is 44.4 Å². The molecule has 0 aromatic rings. The van der Waals surface area contributed by atoms with E-state index in [1.807, 2.05) is 26.8 Å². The molecule has 3 unspecified atom stereocenters. The maximum Gasteiger partial charge on any atom is 0.133 e. The Balaban J connectivity index is 1.69. The Hall–Kier alpha value is -1.94. The molecule has 0 aromatic carbocycles. The summed E-state index contributed by atoms with van der Waals surface area (Å²) in [5, 5.41) is 3.21. The predicted molar refractivity (Wildman–Crippen MR) is 109 cm³/mol. The molecule has 0 amide bonds. The fraction of sp³-hybridized carbons (Fsp3) is 0.565. The van der Waals surface area contributed by atoms with Gasteiger partial charge in [-0.3, -0.25) is 9.59 Å². The van der Waals surface area contributed by atoms with E-state index in [4.69, 9.17) is 4.74 Å². The van der Waals surface area contributed by atoms with Crippen LogP contribution in [0, 0.1) is 11.8 Å². The highest BCUT2D eigenvalue weighted by Gasteiger charge is 2.30. The molecule has 1 N–H and O–H groups in total. The quantitative estimate of drug-likeness (QED) is 0.569. The molecule has 4 nitrogen and oxygen atoms in total. The first-order valence-electron chi connectivity index (χ1n) is 9.97. The van der Waals surface area contributed by atoms with Crippen molar-refractivity contribution in [1.82, 2.24) is 5.32 Å². The summed E-state index contributed by atoms with van der Waals surface area (Å²) in [5.41, 5.74) is 2.88. The molecule has 3 atom stereocenters. The summed E-state index contributed by atoms with van der Waals surface area (Å²) < 4.78 is 6.10. The van der Waals surface area contributed by atoms with Crippen LogP contribution in [0.3, 0.4) is 0 Å². The van der Waals surface area contributed by atoms with Crippen molar-refractivity contribution in [1.29, 1.82) is 0 Å². The number of Topliss-reactive ketones (excluding diaryl/α,β-unsaturated/α-hetero) is 2. The second kappa shape index (κ2) is 9.84. The molecule has 0 bridgehead atoms. The smallest absolute Gasteiger partial charge is 0.133 e. The molecule has 0 radical (unpaired) electrons. The Morgan fingerprint density at radius 2 is 1.85 bits per heavy atom. The van der Waals surface area contributed by atoms with Gasteiger partial charge in [0.25, 0.3) is 0 Å². The van der Waals surface area contributed by atoms with Crippen molar-refractivity contribution in [3.05, 3.63) is 48.4 Å².